The van der Waals surface area contributed by atoms with Crippen LogP contribution in [-0.4, -0.2) is 96.7 Å². The first-order valence-electron chi connectivity index (χ1n) is 36.8. The molecule has 0 aliphatic rings. The number of aliphatic hydroxyl groups is 1. The molecule has 0 radical (unpaired) electrons. The standard InChI is InChI=1S/C72H136O17P2/c1-7-9-11-13-15-16-17-18-21-25-28-31-37-43-49-55-70(75)83-61-68(88-71(76)56-50-44-38-32-29-26-23-20-19-22-24-27-30-35-40-46-52-64(3)4)63-87-91(80,81)85-59-66(73)58-84-90(78,79)86-62-67(60-82-69(74)54-48-42-34-14-12-10-8-2)89-72(77)57-51-45-39-33-36-41-47-53-65(5)6/h16-18,21,64-68,73H,7-15,19-20,22-63H2,1-6H3,(H,78,79)(H,80,81)/b17-16-,21-18-/t66-,67+,68+/m0/s1. The molecule has 0 aromatic carbocycles. The summed E-state index contributed by atoms with van der Waals surface area (Å²) in [5.74, 6) is -0.658. The molecule has 0 saturated heterocycles. The van der Waals surface area contributed by atoms with Gasteiger partial charge in [-0.15, -0.1) is 0 Å². The minimum absolute atomic E-state index is 0.101. The molecule has 0 spiro atoms. The Labute approximate surface area is 554 Å². The van der Waals surface area contributed by atoms with Crippen LogP contribution in [-0.2, 0) is 65.4 Å². The van der Waals surface area contributed by atoms with Crippen molar-refractivity contribution in [2.45, 2.75) is 362 Å². The summed E-state index contributed by atoms with van der Waals surface area (Å²) in [7, 11) is -9.91. The maximum atomic E-state index is 13.0. The van der Waals surface area contributed by atoms with E-state index in [-0.39, 0.29) is 25.7 Å². The Morgan fingerprint density at radius 1 is 0.341 bits per heavy atom. The van der Waals surface area contributed by atoms with Gasteiger partial charge in [-0.05, 0) is 63.2 Å². The van der Waals surface area contributed by atoms with E-state index in [1.165, 1.54) is 128 Å². The number of unbranched alkanes of at least 4 members (excludes halogenated alkanes) is 36. The first-order valence-corrected chi connectivity index (χ1v) is 39.8. The van der Waals surface area contributed by atoms with E-state index < -0.39 is 97.5 Å². The molecule has 0 amide bonds. The van der Waals surface area contributed by atoms with E-state index in [1.54, 1.807) is 0 Å². The summed E-state index contributed by atoms with van der Waals surface area (Å²) < 4.78 is 68.2. The average Bonchev–Trinajstić information content (AvgIpc) is 3.70. The Hall–Kier alpha value is -2.46. The van der Waals surface area contributed by atoms with Gasteiger partial charge in [0.25, 0.3) is 0 Å². The van der Waals surface area contributed by atoms with E-state index >= 15 is 0 Å². The number of carbonyl (C=O) groups is 4. The van der Waals surface area contributed by atoms with Crippen LogP contribution in [0.5, 0.6) is 0 Å². The van der Waals surface area contributed by atoms with Crippen LogP contribution in [0.4, 0.5) is 0 Å². The summed E-state index contributed by atoms with van der Waals surface area (Å²) in [6.07, 6.45) is 52.5. The molecule has 0 saturated carbocycles. The van der Waals surface area contributed by atoms with Crippen molar-refractivity contribution in [2.75, 3.05) is 39.6 Å². The van der Waals surface area contributed by atoms with Gasteiger partial charge in [-0.2, -0.15) is 0 Å². The predicted octanol–water partition coefficient (Wildman–Crippen LogP) is 20.3. The molecule has 2 unspecified atom stereocenters. The number of aliphatic hydroxyl groups excluding tert-OH is 1. The second-order valence-electron chi connectivity index (χ2n) is 26.2. The van der Waals surface area contributed by atoms with E-state index in [4.69, 9.17) is 37.0 Å². The first kappa shape index (κ1) is 88.5. The molecule has 3 N–H and O–H groups in total. The SMILES string of the molecule is CCCCCC/C=C\C=C/CCCCCCCC(=O)OC[C@H](COP(=O)(O)OC[C@@H](O)COP(=O)(O)OC[C@@H](COC(=O)CCCCCCCCC)OC(=O)CCCCCCCCCC(C)C)OC(=O)CCCCCCCCCCCCCCCCCCC(C)C. The fourth-order valence-electron chi connectivity index (χ4n) is 10.4. The van der Waals surface area contributed by atoms with Crippen molar-refractivity contribution < 1.29 is 80.2 Å². The van der Waals surface area contributed by atoms with Gasteiger partial charge in [0.2, 0.25) is 0 Å². The maximum Gasteiger partial charge on any atom is 0.472 e. The smallest absolute Gasteiger partial charge is 0.462 e. The van der Waals surface area contributed by atoms with Gasteiger partial charge in [-0.3, -0.25) is 37.3 Å². The third-order valence-electron chi connectivity index (χ3n) is 16.1. The lowest BCUT2D eigenvalue weighted by atomic mass is 10.0. The van der Waals surface area contributed by atoms with Gasteiger partial charge in [-0.25, -0.2) is 9.13 Å². The second-order valence-corrected chi connectivity index (χ2v) is 29.2. The Bertz CT molecular complexity index is 1860. The first-order chi connectivity index (χ1) is 43.9. The Morgan fingerprint density at radius 2 is 0.593 bits per heavy atom. The third-order valence-corrected chi connectivity index (χ3v) is 18.0. The molecule has 0 rings (SSSR count). The zero-order valence-electron chi connectivity index (χ0n) is 58.6. The largest absolute Gasteiger partial charge is 0.472 e. The Kier molecular flexibility index (Phi) is 61.9. The van der Waals surface area contributed by atoms with Crippen LogP contribution in [0.15, 0.2) is 24.3 Å². The third kappa shape index (κ3) is 66.0. The van der Waals surface area contributed by atoms with Gasteiger partial charge in [-0.1, -0.05) is 291 Å². The summed E-state index contributed by atoms with van der Waals surface area (Å²) in [5, 5.41) is 10.6. The van der Waals surface area contributed by atoms with E-state index in [1.807, 2.05) is 0 Å². The average molecular weight is 1340 g/mol. The van der Waals surface area contributed by atoms with E-state index in [0.717, 1.165) is 128 Å². The zero-order chi connectivity index (χ0) is 67.2. The molecule has 0 aliphatic carbocycles. The molecule has 17 nitrogen and oxygen atoms in total. The number of hydrogen-bond donors (Lipinski definition) is 3. The van der Waals surface area contributed by atoms with Gasteiger partial charge < -0.3 is 33.8 Å². The number of hydrogen-bond acceptors (Lipinski definition) is 15. The van der Waals surface area contributed by atoms with Crippen LogP contribution < -0.4 is 0 Å². The number of allylic oxidation sites excluding steroid dienone is 4. The number of phosphoric ester groups is 2. The molecule has 5 atom stereocenters. The quantitative estimate of drug-likeness (QED) is 0.0169. The normalized spacial score (nSPS) is 14.3. The highest BCUT2D eigenvalue weighted by Gasteiger charge is 2.30. The van der Waals surface area contributed by atoms with E-state index in [9.17, 15) is 43.2 Å². The topological polar surface area (TPSA) is 237 Å². The highest BCUT2D eigenvalue weighted by atomic mass is 31.2. The van der Waals surface area contributed by atoms with Crippen molar-refractivity contribution in [1.82, 2.24) is 0 Å². The summed E-state index contributed by atoms with van der Waals surface area (Å²) in [6, 6.07) is 0. The van der Waals surface area contributed by atoms with Crippen LogP contribution in [0.3, 0.4) is 0 Å². The molecule has 0 fully saturated rings. The lowest BCUT2D eigenvalue weighted by molar-refractivity contribution is -0.161. The van der Waals surface area contributed by atoms with E-state index in [0.29, 0.717) is 31.6 Å². The molecule has 0 heterocycles. The highest BCUT2D eigenvalue weighted by Crippen LogP contribution is 2.45. The Morgan fingerprint density at radius 3 is 0.901 bits per heavy atom. The van der Waals surface area contributed by atoms with Crippen molar-refractivity contribution in [3.8, 4) is 0 Å². The van der Waals surface area contributed by atoms with Crippen LogP contribution in [0.25, 0.3) is 0 Å². The second kappa shape index (κ2) is 63.6. The lowest BCUT2D eigenvalue weighted by Crippen LogP contribution is -2.30. The molecule has 536 valence electrons. The zero-order valence-corrected chi connectivity index (χ0v) is 60.4. The summed E-state index contributed by atoms with van der Waals surface area (Å²) in [5.41, 5.74) is 0. The van der Waals surface area contributed by atoms with Crippen LogP contribution in [0, 0.1) is 11.8 Å². The van der Waals surface area contributed by atoms with Crippen molar-refractivity contribution in [3.05, 3.63) is 24.3 Å². The Balaban J connectivity index is 5.22. The number of esters is 4. The molecular formula is C72H136O17P2. The van der Waals surface area contributed by atoms with Gasteiger partial charge in [0.15, 0.2) is 12.2 Å². The van der Waals surface area contributed by atoms with Gasteiger partial charge >= 0.3 is 39.5 Å². The van der Waals surface area contributed by atoms with Gasteiger partial charge in [0, 0.05) is 25.7 Å². The number of rotatable bonds is 69. The lowest BCUT2D eigenvalue weighted by Gasteiger charge is -2.21. The van der Waals surface area contributed by atoms with Crippen molar-refractivity contribution in [2.24, 2.45) is 11.8 Å². The summed E-state index contributed by atoms with van der Waals surface area (Å²) in [4.78, 5) is 72.4. The molecule has 0 aromatic rings. The predicted molar refractivity (Wildman–Crippen MR) is 367 cm³/mol. The van der Waals surface area contributed by atoms with Crippen molar-refractivity contribution in [3.63, 3.8) is 0 Å². The molecule has 0 bridgehead atoms. The molecule has 19 heteroatoms. The van der Waals surface area contributed by atoms with Crippen LogP contribution in [0.2, 0.25) is 0 Å². The number of ether oxygens (including phenoxy) is 4. The molecule has 0 aliphatic heterocycles. The van der Waals surface area contributed by atoms with Crippen LogP contribution in [0.1, 0.15) is 343 Å². The minimum atomic E-state index is -4.96. The summed E-state index contributed by atoms with van der Waals surface area (Å²) in [6.45, 7) is 9.41. The van der Waals surface area contributed by atoms with Gasteiger partial charge in [0.05, 0.1) is 26.4 Å². The monoisotopic (exact) mass is 1330 g/mol. The minimum Gasteiger partial charge on any atom is -0.462 e. The molecular weight excluding hydrogens is 1200 g/mol. The molecule has 0 aromatic heterocycles. The van der Waals surface area contributed by atoms with Gasteiger partial charge in [0.1, 0.15) is 19.3 Å². The maximum absolute atomic E-state index is 13.0. The van der Waals surface area contributed by atoms with E-state index in [2.05, 4.69) is 65.8 Å². The fraction of sp³-hybridized carbons (Fsp3) is 0.889. The highest BCUT2D eigenvalue weighted by molar-refractivity contribution is 7.47. The van der Waals surface area contributed by atoms with Crippen LogP contribution >= 0.6 is 15.6 Å². The summed E-state index contributed by atoms with van der Waals surface area (Å²) >= 11 is 0. The van der Waals surface area contributed by atoms with Crippen molar-refractivity contribution in [1.29, 1.82) is 0 Å². The number of phosphoric acid groups is 2. The van der Waals surface area contributed by atoms with Crippen molar-refractivity contribution >= 4 is 39.5 Å². The number of carbonyl (C=O) groups excluding carboxylic acids is 4. The molecule has 91 heavy (non-hydrogen) atoms. The fourth-order valence-corrected chi connectivity index (χ4v) is 12.0.